The first-order valence-electron chi connectivity index (χ1n) is 8.23. The normalized spacial score (nSPS) is 19.9. The Labute approximate surface area is 145 Å². The molecule has 3 rings (SSSR count). The average Bonchev–Trinajstić information content (AvgIpc) is 2.90. The van der Waals surface area contributed by atoms with Crippen LogP contribution in [0.5, 0.6) is 0 Å². The molecule has 2 atom stereocenters. The predicted molar refractivity (Wildman–Crippen MR) is 91.0 cm³/mol. The highest BCUT2D eigenvalue weighted by molar-refractivity contribution is 5.80. The van der Waals surface area contributed by atoms with E-state index in [-0.39, 0.29) is 35.9 Å². The summed E-state index contributed by atoms with van der Waals surface area (Å²) in [5, 5.41) is 2.82. The van der Waals surface area contributed by atoms with E-state index >= 15 is 0 Å². The minimum atomic E-state index is -0.490. The van der Waals surface area contributed by atoms with Crippen molar-refractivity contribution >= 4 is 11.8 Å². The molecule has 1 aromatic carbocycles. The zero-order valence-corrected chi connectivity index (χ0v) is 14.0. The Bertz CT molecular complexity index is 766. The maximum Gasteiger partial charge on any atom is 0.226 e. The Hall–Kier alpha value is -2.76. The van der Waals surface area contributed by atoms with Crippen LogP contribution >= 0.6 is 0 Å². The molecule has 1 N–H and O–H groups in total. The Morgan fingerprint density at radius 3 is 2.76 bits per heavy atom. The van der Waals surface area contributed by atoms with Gasteiger partial charge < -0.3 is 10.2 Å². The van der Waals surface area contributed by atoms with E-state index in [1.165, 1.54) is 18.3 Å². The summed E-state index contributed by atoms with van der Waals surface area (Å²) in [6, 6.07) is 12.5. The number of hydrogen-bond acceptors (Lipinski definition) is 3. The number of rotatable bonds is 5. The van der Waals surface area contributed by atoms with Crippen molar-refractivity contribution in [3.8, 4) is 0 Å². The van der Waals surface area contributed by atoms with Crippen LogP contribution in [0.1, 0.15) is 23.7 Å². The number of halogens is 1. The largest absolute Gasteiger partial charge is 0.355 e. The van der Waals surface area contributed by atoms with Crippen molar-refractivity contribution in [1.82, 2.24) is 15.2 Å². The first kappa shape index (κ1) is 17.1. The van der Waals surface area contributed by atoms with Gasteiger partial charge in [-0.1, -0.05) is 30.3 Å². The summed E-state index contributed by atoms with van der Waals surface area (Å²) in [4.78, 5) is 29.8. The molecular formula is C19H20FN3O2. The standard InChI is InChI=1S/C19H20FN3O2/c1-23-18(25)10-14(19(23)13-6-3-2-4-7-13)12-22-17(24)11-16-15(20)8-5-9-21-16/h2-9,14,19H,10-12H2,1H3,(H,22,24)/t14-,19-/m0/s1. The highest BCUT2D eigenvalue weighted by Crippen LogP contribution is 2.36. The molecule has 6 heteroatoms. The third-order valence-electron chi connectivity index (χ3n) is 4.56. The van der Waals surface area contributed by atoms with Gasteiger partial charge in [-0.05, 0) is 17.7 Å². The molecule has 1 fully saturated rings. The Kier molecular flexibility index (Phi) is 5.07. The summed E-state index contributed by atoms with van der Waals surface area (Å²) in [7, 11) is 1.78. The van der Waals surface area contributed by atoms with Crippen LogP contribution in [0, 0.1) is 11.7 Å². The van der Waals surface area contributed by atoms with Crippen LogP contribution in [0.25, 0.3) is 0 Å². The molecule has 1 aromatic heterocycles. The van der Waals surface area contributed by atoms with E-state index in [1.54, 1.807) is 11.9 Å². The second-order valence-corrected chi connectivity index (χ2v) is 6.24. The van der Waals surface area contributed by atoms with Crippen molar-refractivity contribution in [2.75, 3.05) is 13.6 Å². The van der Waals surface area contributed by atoms with Gasteiger partial charge in [0.05, 0.1) is 18.2 Å². The van der Waals surface area contributed by atoms with Crippen LogP contribution in [0.15, 0.2) is 48.7 Å². The Morgan fingerprint density at radius 1 is 1.28 bits per heavy atom. The van der Waals surface area contributed by atoms with Crippen LogP contribution in [-0.4, -0.2) is 35.3 Å². The van der Waals surface area contributed by atoms with Crippen LogP contribution in [0.2, 0.25) is 0 Å². The van der Waals surface area contributed by atoms with E-state index in [1.807, 2.05) is 30.3 Å². The lowest BCUT2D eigenvalue weighted by Crippen LogP contribution is -2.33. The topological polar surface area (TPSA) is 62.3 Å². The van der Waals surface area contributed by atoms with E-state index in [9.17, 15) is 14.0 Å². The highest BCUT2D eigenvalue weighted by atomic mass is 19.1. The fraction of sp³-hybridized carbons (Fsp3) is 0.316. The molecule has 25 heavy (non-hydrogen) atoms. The molecule has 1 aliphatic rings. The summed E-state index contributed by atoms with van der Waals surface area (Å²) < 4.78 is 13.6. The van der Waals surface area contributed by atoms with Gasteiger partial charge in [-0.25, -0.2) is 4.39 Å². The smallest absolute Gasteiger partial charge is 0.226 e. The molecular weight excluding hydrogens is 321 g/mol. The van der Waals surface area contributed by atoms with Crippen LogP contribution < -0.4 is 5.32 Å². The van der Waals surface area contributed by atoms with E-state index in [0.29, 0.717) is 13.0 Å². The zero-order chi connectivity index (χ0) is 17.8. The van der Waals surface area contributed by atoms with Gasteiger partial charge in [0.15, 0.2) is 0 Å². The fourth-order valence-corrected chi connectivity index (χ4v) is 3.29. The first-order valence-corrected chi connectivity index (χ1v) is 8.23. The van der Waals surface area contributed by atoms with Gasteiger partial charge in [-0.15, -0.1) is 0 Å². The molecule has 130 valence electrons. The minimum Gasteiger partial charge on any atom is -0.355 e. The third kappa shape index (κ3) is 3.84. The zero-order valence-electron chi connectivity index (χ0n) is 14.0. The Morgan fingerprint density at radius 2 is 2.04 bits per heavy atom. The van der Waals surface area contributed by atoms with E-state index in [0.717, 1.165) is 5.56 Å². The van der Waals surface area contributed by atoms with Gasteiger partial charge in [0.1, 0.15) is 5.82 Å². The van der Waals surface area contributed by atoms with Gasteiger partial charge in [0.2, 0.25) is 11.8 Å². The van der Waals surface area contributed by atoms with E-state index in [2.05, 4.69) is 10.3 Å². The molecule has 0 saturated carbocycles. The monoisotopic (exact) mass is 341 g/mol. The van der Waals surface area contributed by atoms with Crippen LogP contribution in [0.3, 0.4) is 0 Å². The van der Waals surface area contributed by atoms with Gasteiger partial charge in [-0.3, -0.25) is 14.6 Å². The summed E-state index contributed by atoms with van der Waals surface area (Å²) >= 11 is 0. The van der Waals surface area contributed by atoms with Crippen LogP contribution in [-0.2, 0) is 16.0 Å². The molecule has 1 aliphatic heterocycles. The lowest BCUT2D eigenvalue weighted by Gasteiger charge is -2.25. The second-order valence-electron chi connectivity index (χ2n) is 6.24. The molecule has 2 amide bonds. The minimum absolute atomic E-state index is 0.0163. The number of carbonyl (C=O) groups excluding carboxylic acids is 2. The van der Waals surface area contributed by atoms with Gasteiger partial charge >= 0.3 is 0 Å². The molecule has 2 aromatic rings. The maximum absolute atomic E-state index is 13.6. The summed E-state index contributed by atoms with van der Waals surface area (Å²) in [6.45, 7) is 0.364. The molecule has 2 heterocycles. The van der Waals surface area contributed by atoms with Gasteiger partial charge in [-0.2, -0.15) is 0 Å². The lowest BCUT2D eigenvalue weighted by molar-refractivity contribution is -0.127. The van der Waals surface area contributed by atoms with Gasteiger partial charge in [0.25, 0.3) is 0 Å². The van der Waals surface area contributed by atoms with Crippen molar-refractivity contribution in [3.63, 3.8) is 0 Å². The number of nitrogens with one attached hydrogen (secondary N) is 1. The van der Waals surface area contributed by atoms with Gasteiger partial charge in [0, 0.05) is 32.1 Å². The van der Waals surface area contributed by atoms with Crippen LogP contribution in [0.4, 0.5) is 4.39 Å². The average molecular weight is 341 g/mol. The highest BCUT2D eigenvalue weighted by Gasteiger charge is 2.38. The summed E-state index contributed by atoms with van der Waals surface area (Å²) in [6.07, 6.45) is 1.73. The number of likely N-dealkylation sites (tertiary alicyclic amines) is 1. The number of pyridine rings is 1. The number of benzene rings is 1. The lowest BCUT2D eigenvalue weighted by atomic mass is 9.93. The SMILES string of the molecule is CN1C(=O)C[C@@H](CNC(=O)Cc2ncccc2F)[C@@H]1c1ccccc1. The van der Waals surface area contributed by atoms with E-state index < -0.39 is 5.82 Å². The molecule has 0 unspecified atom stereocenters. The molecule has 0 radical (unpaired) electrons. The molecule has 0 aliphatic carbocycles. The second kappa shape index (κ2) is 7.42. The molecule has 5 nitrogen and oxygen atoms in total. The van der Waals surface area contributed by atoms with E-state index in [4.69, 9.17) is 0 Å². The number of amides is 2. The van der Waals surface area contributed by atoms with Crippen molar-refractivity contribution in [3.05, 3.63) is 65.7 Å². The fourth-order valence-electron chi connectivity index (χ4n) is 3.29. The van der Waals surface area contributed by atoms with Crippen molar-refractivity contribution in [2.24, 2.45) is 5.92 Å². The predicted octanol–water partition coefficient (Wildman–Crippen LogP) is 2.10. The van der Waals surface area contributed by atoms with Crippen molar-refractivity contribution in [2.45, 2.75) is 18.9 Å². The quantitative estimate of drug-likeness (QED) is 0.906. The number of nitrogens with zero attached hydrogens (tertiary/aromatic N) is 2. The molecule has 0 bridgehead atoms. The summed E-state index contributed by atoms with van der Waals surface area (Å²) in [5.74, 6) is -0.747. The summed E-state index contributed by atoms with van der Waals surface area (Å²) in [5.41, 5.74) is 1.17. The number of hydrogen-bond donors (Lipinski definition) is 1. The first-order chi connectivity index (χ1) is 12.1. The number of aromatic nitrogens is 1. The molecule has 0 spiro atoms. The van der Waals surface area contributed by atoms with Crippen molar-refractivity contribution in [1.29, 1.82) is 0 Å². The number of carbonyl (C=O) groups is 2. The third-order valence-corrected chi connectivity index (χ3v) is 4.56. The Balaban J connectivity index is 1.64. The molecule has 1 saturated heterocycles. The maximum atomic E-state index is 13.6. The van der Waals surface area contributed by atoms with Crippen molar-refractivity contribution < 1.29 is 14.0 Å².